The molecule has 0 saturated heterocycles. The molecule has 0 aromatic carbocycles. The molecule has 1 aromatic rings. The van der Waals surface area contributed by atoms with Gasteiger partial charge < -0.3 is 5.11 Å². The van der Waals surface area contributed by atoms with Gasteiger partial charge in [0.15, 0.2) is 0 Å². The van der Waals surface area contributed by atoms with Gasteiger partial charge in [-0.3, -0.25) is 0 Å². The maximum atomic E-state index is 12.5. The van der Waals surface area contributed by atoms with E-state index in [4.69, 9.17) is 5.11 Å². The van der Waals surface area contributed by atoms with Crippen LogP contribution in [0.25, 0.3) is 0 Å². The minimum absolute atomic E-state index is 0.165. The Hall–Kier alpha value is -1.25. The van der Waals surface area contributed by atoms with E-state index in [1.165, 1.54) is 0 Å². The summed E-state index contributed by atoms with van der Waals surface area (Å²) in [7, 11) is 0. The van der Waals surface area contributed by atoms with Gasteiger partial charge in [-0.1, -0.05) is 0 Å². The summed E-state index contributed by atoms with van der Waals surface area (Å²) in [6.45, 7) is 0. The first-order chi connectivity index (χ1) is 7.66. The topological polar surface area (TPSA) is 50.2 Å². The summed E-state index contributed by atoms with van der Waals surface area (Å²) in [4.78, 5) is 13.7. The third kappa shape index (κ3) is 2.71. The standard InChI is InChI=1S/C8H3BrF5NO2/c9-5-4(7(16)17)3(6(10)11)2(1-15-5)8(12,13)14/h1,6H,(H,16,17). The number of carboxylic acid groups (broad SMARTS) is 1. The molecule has 94 valence electrons. The monoisotopic (exact) mass is 319 g/mol. The Morgan fingerprint density at radius 3 is 2.29 bits per heavy atom. The van der Waals surface area contributed by atoms with E-state index < -0.39 is 39.9 Å². The summed E-state index contributed by atoms with van der Waals surface area (Å²) in [5, 5.41) is 8.61. The van der Waals surface area contributed by atoms with Crippen molar-refractivity contribution in [2.75, 3.05) is 0 Å². The largest absolute Gasteiger partial charge is 0.478 e. The van der Waals surface area contributed by atoms with E-state index in [2.05, 4.69) is 20.9 Å². The van der Waals surface area contributed by atoms with Crippen LogP contribution in [0.2, 0.25) is 0 Å². The molecule has 1 rings (SSSR count). The fourth-order valence-electron chi connectivity index (χ4n) is 1.16. The van der Waals surface area contributed by atoms with Gasteiger partial charge in [-0.25, -0.2) is 18.6 Å². The molecule has 1 heterocycles. The molecule has 0 radical (unpaired) electrons. The van der Waals surface area contributed by atoms with E-state index in [0.717, 1.165) is 0 Å². The van der Waals surface area contributed by atoms with Crippen molar-refractivity contribution in [3.05, 3.63) is 27.5 Å². The van der Waals surface area contributed by atoms with E-state index in [0.29, 0.717) is 0 Å². The normalized spacial score (nSPS) is 11.9. The number of aromatic nitrogens is 1. The number of pyridine rings is 1. The van der Waals surface area contributed by atoms with Crippen LogP contribution >= 0.6 is 15.9 Å². The molecular weight excluding hydrogens is 317 g/mol. The number of halogens is 6. The summed E-state index contributed by atoms with van der Waals surface area (Å²) < 4.78 is 61.7. The number of hydrogen-bond donors (Lipinski definition) is 1. The van der Waals surface area contributed by atoms with Gasteiger partial charge in [0.05, 0.1) is 5.56 Å². The van der Waals surface area contributed by atoms with E-state index in [-0.39, 0.29) is 6.20 Å². The molecular formula is C8H3BrF5NO2. The summed E-state index contributed by atoms with van der Waals surface area (Å²) in [6.07, 6.45) is -8.50. The van der Waals surface area contributed by atoms with Crippen LogP contribution in [0.1, 0.15) is 27.9 Å². The molecule has 3 nitrogen and oxygen atoms in total. The number of alkyl halides is 5. The highest BCUT2D eigenvalue weighted by Gasteiger charge is 2.39. The molecule has 1 aromatic heterocycles. The minimum Gasteiger partial charge on any atom is -0.478 e. The van der Waals surface area contributed by atoms with Crippen LogP contribution < -0.4 is 0 Å². The van der Waals surface area contributed by atoms with E-state index in [1.807, 2.05) is 0 Å². The van der Waals surface area contributed by atoms with Gasteiger partial charge in [-0.05, 0) is 15.9 Å². The summed E-state index contributed by atoms with van der Waals surface area (Å²) in [5.74, 6) is -1.91. The lowest BCUT2D eigenvalue weighted by molar-refractivity contribution is -0.139. The highest BCUT2D eigenvalue weighted by Crippen LogP contribution is 2.39. The molecule has 0 atom stereocenters. The predicted molar refractivity (Wildman–Crippen MR) is 48.9 cm³/mol. The average Bonchev–Trinajstić information content (AvgIpc) is 2.14. The fourth-order valence-corrected chi connectivity index (χ4v) is 1.64. The van der Waals surface area contributed by atoms with Crippen molar-refractivity contribution in [2.45, 2.75) is 12.6 Å². The van der Waals surface area contributed by atoms with Crippen LogP contribution in [0.15, 0.2) is 10.8 Å². The molecule has 0 aliphatic rings. The summed E-state index contributed by atoms with van der Waals surface area (Å²) in [5.41, 5.74) is -4.53. The highest BCUT2D eigenvalue weighted by atomic mass is 79.9. The zero-order valence-corrected chi connectivity index (χ0v) is 9.31. The van der Waals surface area contributed by atoms with Crippen LogP contribution in [-0.4, -0.2) is 16.1 Å². The maximum absolute atomic E-state index is 12.5. The van der Waals surface area contributed by atoms with Crippen molar-refractivity contribution >= 4 is 21.9 Å². The average molecular weight is 320 g/mol. The first kappa shape index (κ1) is 13.8. The Kier molecular flexibility index (Phi) is 3.70. The first-order valence-electron chi connectivity index (χ1n) is 3.93. The van der Waals surface area contributed by atoms with E-state index >= 15 is 0 Å². The first-order valence-corrected chi connectivity index (χ1v) is 4.72. The van der Waals surface area contributed by atoms with Crippen LogP contribution in [0.3, 0.4) is 0 Å². The van der Waals surface area contributed by atoms with Gasteiger partial charge in [0, 0.05) is 11.8 Å². The molecule has 17 heavy (non-hydrogen) atoms. The van der Waals surface area contributed by atoms with E-state index in [1.54, 1.807) is 0 Å². The van der Waals surface area contributed by atoms with Crippen molar-refractivity contribution in [2.24, 2.45) is 0 Å². The van der Waals surface area contributed by atoms with Crippen LogP contribution in [0, 0.1) is 0 Å². The second-order valence-corrected chi connectivity index (χ2v) is 3.61. The zero-order valence-electron chi connectivity index (χ0n) is 7.73. The van der Waals surface area contributed by atoms with Crippen molar-refractivity contribution in [3.8, 4) is 0 Å². The van der Waals surface area contributed by atoms with Crippen molar-refractivity contribution < 1.29 is 31.9 Å². The minimum atomic E-state index is -5.09. The quantitative estimate of drug-likeness (QED) is 0.670. The lowest BCUT2D eigenvalue weighted by Gasteiger charge is -2.14. The number of nitrogens with zero attached hydrogens (tertiary/aromatic N) is 1. The molecule has 0 unspecified atom stereocenters. The van der Waals surface area contributed by atoms with Crippen molar-refractivity contribution in [1.29, 1.82) is 0 Å². The molecule has 0 amide bonds. The molecule has 0 aliphatic heterocycles. The Morgan fingerprint density at radius 1 is 1.41 bits per heavy atom. The third-order valence-electron chi connectivity index (χ3n) is 1.81. The lowest BCUT2D eigenvalue weighted by Crippen LogP contribution is -2.16. The molecule has 9 heteroatoms. The second kappa shape index (κ2) is 4.55. The number of rotatable bonds is 2. The second-order valence-electron chi connectivity index (χ2n) is 2.85. The number of carboxylic acids is 1. The predicted octanol–water partition coefficient (Wildman–Crippen LogP) is 3.50. The fraction of sp³-hybridized carbons (Fsp3) is 0.250. The van der Waals surface area contributed by atoms with Crippen LogP contribution in [0.4, 0.5) is 22.0 Å². The van der Waals surface area contributed by atoms with Crippen molar-refractivity contribution in [1.82, 2.24) is 4.98 Å². The lowest BCUT2D eigenvalue weighted by atomic mass is 10.0. The summed E-state index contributed by atoms with van der Waals surface area (Å²) in [6, 6.07) is 0. The number of hydrogen-bond acceptors (Lipinski definition) is 2. The van der Waals surface area contributed by atoms with Gasteiger partial charge in [-0.15, -0.1) is 0 Å². The summed E-state index contributed by atoms with van der Waals surface area (Å²) >= 11 is 2.52. The van der Waals surface area contributed by atoms with Gasteiger partial charge in [0.2, 0.25) is 0 Å². The Bertz CT molecular complexity index is 460. The Morgan fingerprint density at radius 2 is 1.94 bits per heavy atom. The number of aromatic carboxylic acids is 1. The van der Waals surface area contributed by atoms with Gasteiger partial charge >= 0.3 is 12.1 Å². The molecule has 0 spiro atoms. The van der Waals surface area contributed by atoms with E-state index in [9.17, 15) is 26.7 Å². The maximum Gasteiger partial charge on any atom is 0.418 e. The molecule has 0 aliphatic carbocycles. The van der Waals surface area contributed by atoms with Crippen LogP contribution in [0.5, 0.6) is 0 Å². The third-order valence-corrected chi connectivity index (χ3v) is 2.41. The number of carbonyl (C=O) groups is 1. The van der Waals surface area contributed by atoms with Gasteiger partial charge in [-0.2, -0.15) is 13.2 Å². The van der Waals surface area contributed by atoms with Crippen molar-refractivity contribution in [3.63, 3.8) is 0 Å². The molecule has 0 saturated carbocycles. The molecule has 1 N–H and O–H groups in total. The van der Waals surface area contributed by atoms with Gasteiger partial charge in [0.25, 0.3) is 6.43 Å². The molecule has 0 bridgehead atoms. The Labute approximate surface area is 99.4 Å². The SMILES string of the molecule is O=C(O)c1c(Br)ncc(C(F)(F)F)c1C(F)F. The Balaban J connectivity index is 3.65. The smallest absolute Gasteiger partial charge is 0.418 e. The highest BCUT2D eigenvalue weighted by molar-refractivity contribution is 9.10. The van der Waals surface area contributed by atoms with Crippen LogP contribution in [-0.2, 0) is 6.18 Å². The molecule has 0 fully saturated rings. The van der Waals surface area contributed by atoms with Gasteiger partial charge in [0.1, 0.15) is 10.2 Å². The zero-order chi connectivity index (χ0) is 13.4.